The van der Waals surface area contributed by atoms with E-state index in [4.69, 9.17) is 15.0 Å². The number of carboxylic acid groups (broad SMARTS) is 1. The van der Waals surface area contributed by atoms with Gasteiger partial charge in [-0.15, -0.1) is 0 Å². The minimum Gasteiger partial charge on any atom is -0.483 e. The summed E-state index contributed by atoms with van der Waals surface area (Å²) in [5, 5.41) is 11.8. The van der Waals surface area contributed by atoms with Crippen molar-refractivity contribution in [3.8, 4) is 0 Å². The summed E-state index contributed by atoms with van der Waals surface area (Å²) in [6.45, 7) is 1.35. The van der Waals surface area contributed by atoms with Gasteiger partial charge < -0.3 is 5.11 Å². The molecule has 0 unspecified atom stereocenters. The zero-order valence-electron chi connectivity index (χ0n) is 7.41. The van der Waals surface area contributed by atoms with Crippen molar-refractivity contribution < 1.29 is 18.3 Å². The minimum atomic E-state index is -3.60. The molecule has 3 N–H and O–H groups in total. The number of pyridine rings is 1. The van der Waals surface area contributed by atoms with Gasteiger partial charge in [-0.2, -0.15) is 0 Å². The molecule has 0 amide bonds. The lowest BCUT2D eigenvalue weighted by Crippen LogP contribution is -2.13. The molecule has 0 aliphatic carbocycles. The molecule has 1 rings (SSSR count). The molecule has 6 nitrogen and oxygen atoms in total. The second kappa shape index (κ2) is 5.30. The first-order chi connectivity index (χ1) is 6.43. The highest BCUT2D eigenvalue weighted by Crippen LogP contribution is 2.08. The number of carbonyl (C=O) groups is 1. The lowest BCUT2D eigenvalue weighted by atomic mass is 10.4. The van der Waals surface area contributed by atoms with Crippen molar-refractivity contribution in [1.29, 1.82) is 0 Å². The Labute approximate surface area is 81.4 Å². The largest absolute Gasteiger partial charge is 0.483 e. The number of rotatable bonds is 1. The maximum atomic E-state index is 10.8. The lowest BCUT2D eigenvalue weighted by Gasteiger charge is -1.99. The summed E-state index contributed by atoms with van der Waals surface area (Å²) in [6.07, 6.45) is 1.52. The van der Waals surface area contributed by atoms with Gasteiger partial charge in [-0.05, 0) is 19.1 Å². The third-order valence-electron chi connectivity index (χ3n) is 1.26. The molecule has 0 aromatic carbocycles. The fourth-order valence-corrected chi connectivity index (χ4v) is 1.50. The van der Waals surface area contributed by atoms with E-state index in [0.717, 1.165) is 0 Å². The van der Waals surface area contributed by atoms with E-state index in [2.05, 4.69) is 4.98 Å². The summed E-state index contributed by atoms with van der Waals surface area (Å²) in [6, 6.07) is 2.96. The van der Waals surface area contributed by atoms with E-state index in [1.54, 1.807) is 6.92 Å². The molecule has 0 spiro atoms. The summed E-state index contributed by atoms with van der Waals surface area (Å²) < 4.78 is 21.6. The van der Waals surface area contributed by atoms with Crippen LogP contribution in [0.5, 0.6) is 0 Å². The molecule has 0 atom stereocenters. The minimum absolute atomic E-state index is 0.0833. The van der Waals surface area contributed by atoms with Crippen LogP contribution in [0.4, 0.5) is 0 Å². The first-order valence-corrected chi connectivity index (χ1v) is 5.00. The van der Waals surface area contributed by atoms with Crippen LogP contribution in [-0.2, 0) is 14.8 Å². The van der Waals surface area contributed by atoms with Gasteiger partial charge in [0.15, 0.2) is 0 Å². The van der Waals surface area contributed by atoms with Gasteiger partial charge in [0.05, 0.1) is 5.69 Å². The Morgan fingerprint density at radius 1 is 1.57 bits per heavy atom. The van der Waals surface area contributed by atoms with Crippen molar-refractivity contribution in [2.75, 3.05) is 0 Å². The van der Waals surface area contributed by atoms with E-state index in [0.29, 0.717) is 5.69 Å². The van der Waals surface area contributed by atoms with E-state index in [1.165, 1.54) is 18.3 Å². The molecule has 1 aromatic heterocycles. The van der Waals surface area contributed by atoms with Gasteiger partial charge in [0.2, 0.25) is 10.0 Å². The number of primary sulfonamides is 1. The second-order valence-corrected chi connectivity index (χ2v) is 3.77. The Balaban J connectivity index is 0.000000500. The Morgan fingerprint density at radius 2 is 2.07 bits per heavy atom. The molecule has 0 radical (unpaired) electrons. The van der Waals surface area contributed by atoms with Crippen molar-refractivity contribution in [3.05, 3.63) is 24.0 Å². The highest BCUT2D eigenvalue weighted by molar-refractivity contribution is 7.89. The number of sulfonamides is 1. The Kier molecular flexibility index (Phi) is 4.74. The fourth-order valence-electron chi connectivity index (χ4n) is 0.770. The van der Waals surface area contributed by atoms with Crippen LogP contribution in [0.25, 0.3) is 0 Å². The average molecular weight is 218 g/mol. The lowest BCUT2D eigenvalue weighted by molar-refractivity contribution is -0.122. The molecular weight excluding hydrogens is 208 g/mol. The Hall–Kier alpha value is -1.47. The van der Waals surface area contributed by atoms with Crippen LogP contribution in [0.3, 0.4) is 0 Å². The van der Waals surface area contributed by atoms with Crippen LogP contribution in [0, 0.1) is 6.92 Å². The van der Waals surface area contributed by atoms with E-state index in [9.17, 15) is 8.42 Å². The smallest absolute Gasteiger partial charge is 0.290 e. The predicted octanol–water partition coefficient (Wildman–Crippen LogP) is -0.262. The zero-order valence-corrected chi connectivity index (χ0v) is 8.23. The Morgan fingerprint density at radius 3 is 2.36 bits per heavy atom. The van der Waals surface area contributed by atoms with Crippen LogP contribution in [-0.4, -0.2) is 25.0 Å². The van der Waals surface area contributed by atoms with Gasteiger partial charge >= 0.3 is 0 Å². The van der Waals surface area contributed by atoms with E-state index in [1.807, 2.05) is 0 Å². The second-order valence-electron chi connectivity index (χ2n) is 2.24. The van der Waals surface area contributed by atoms with Crippen molar-refractivity contribution in [2.24, 2.45) is 5.14 Å². The molecule has 1 aromatic rings. The first kappa shape index (κ1) is 12.5. The van der Waals surface area contributed by atoms with Crippen molar-refractivity contribution >= 4 is 16.5 Å². The van der Waals surface area contributed by atoms with E-state index < -0.39 is 10.0 Å². The fraction of sp³-hybridized carbons (Fsp3) is 0.143. The normalized spacial score (nSPS) is 9.86. The summed E-state index contributed by atoms with van der Waals surface area (Å²) >= 11 is 0. The standard InChI is InChI=1S/C6H8N2O2S.CH2O2/c1-5-6(11(7,9)10)3-2-4-8-5;2-1-3/h2-4H,1H3,(H2,7,9,10);1H,(H,2,3). The van der Waals surface area contributed by atoms with Crippen molar-refractivity contribution in [1.82, 2.24) is 4.98 Å². The molecular formula is C7H10N2O4S. The zero-order chi connectivity index (χ0) is 11.2. The average Bonchev–Trinajstić information content (AvgIpc) is 2.04. The molecule has 0 aliphatic heterocycles. The highest BCUT2D eigenvalue weighted by atomic mass is 32.2. The number of hydrogen-bond acceptors (Lipinski definition) is 4. The molecule has 0 saturated carbocycles. The first-order valence-electron chi connectivity index (χ1n) is 3.45. The molecule has 0 saturated heterocycles. The number of hydrogen-bond donors (Lipinski definition) is 2. The number of aromatic nitrogens is 1. The molecule has 14 heavy (non-hydrogen) atoms. The van der Waals surface area contributed by atoms with Crippen LogP contribution < -0.4 is 5.14 Å². The number of nitrogens with zero attached hydrogens (tertiary/aromatic N) is 1. The van der Waals surface area contributed by atoms with Crippen LogP contribution in [0.2, 0.25) is 0 Å². The van der Waals surface area contributed by atoms with E-state index in [-0.39, 0.29) is 11.4 Å². The van der Waals surface area contributed by atoms with E-state index >= 15 is 0 Å². The van der Waals surface area contributed by atoms with Gasteiger partial charge in [-0.3, -0.25) is 9.78 Å². The maximum Gasteiger partial charge on any atom is 0.290 e. The topological polar surface area (TPSA) is 110 Å². The molecule has 78 valence electrons. The van der Waals surface area contributed by atoms with Gasteiger partial charge in [-0.1, -0.05) is 0 Å². The molecule has 0 bridgehead atoms. The third-order valence-corrected chi connectivity index (χ3v) is 2.31. The maximum absolute atomic E-state index is 10.8. The predicted molar refractivity (Wildman–Crippen MR) is 49.0 cm³/mol. The van der Waals surface area contributed by atoms with Crippen LogP contribution >= 0.6 is 0 Å². The van der Waals surface area contributed by atoms with Gasteiger partial charge in [0.25, 0.3) is 6.47 Å². The van der Waals surface area contributed by atoms with Gasteiger partial charge in [-0.25, -0.2) is 13.6 Å². The Bertz CT molecular complexity index is 402. The molecule has 0 fully saturated rings. The summed E-state index contributed by atoms with van der Waals surface area (Å²) in [4.78, 5) is 12.2. The summed E-state index contributed by atoms with van der Waals surface area (Å²) in [5.41, 5.74) is 0.426. The quantitative estimate of drug-likeness (QED) is 0.631. The third kappa shape index (κ3) is 3.97. The van der Waals surface area contributed by atoms with Crippen LogP contribution in [0.1, 0.15) is 5.69 Å². The monoisotopic (exact) mass is 218 g/mol. The number of nitrogens with two attached hydrogens (primary N) is 1. The van der Waals surface area contributed by atoms with Crippen molar-refractivity contribution in [2.45, 2.75) is 11.8 Å². The SMILES string of the molecule is Cc1ncccc1S(N)(=O)=O.O=CO. The van der Waals surface area contributed by atoms with Gasteiger partial charge in [0.1, 0.15) is 4.90 Å². The molecule has 1 heterocycles. The van der Waals surface area contributed by atoms with Gasteiger partial charge in [0, 0.05) is 6.20 Å². The summed E-state index contributed by atoms with van der Waals surface area (Å²) in [5.74, 6) is 0. The molecule has 7 heteroatoms. The highest BCUT2D eigenvalue weighted by Gasteiger charge is 2.09. The molecule has 0 aliphatic rings. The van der Waals surface area contributed by atoms with Crippen molar-refractivity contribution in [3.63, 3.8) is 0 Å². The van der Waals surface area contributed by atoms with Crippen LogP contribution in [0.15, 0.2) is 23.2 Å². The number of aryl methyl sites for hydroxylation is 1. The summed E-state index contributed by atoms with van der Waals surface area (Å²) in [7, 11) is -3.60.